The van der Waals surface area contributed by atoms with Gasteiger partial charge in [-0.15, -0.1) is 0 Å². The van der Waals surface area contributed by atoms with Crippen LogP contribution in [0.15, 0.2) is 48.6 Å². The van der Waals surface area contributed by atoms with E-state index in [-0.39, 0.29) is 80.9 Å². The van der Waals surface area contributed by atoms with E-state index in [0.717, 1.165) is 12.2 Å². The van der Waals surface area contributed by atoms with Gasteiger partial charge in [0, 0.05) is 12.2 Å². The van der Waals surface area contributed by atoms with Crippen molar-refractivity contribution in [3.63, 3.8) is 0 Å². The van der Waals surface area contributed by atoms with Crippen LogP contribution in [-0.4, -0.2) is 92.9 Å². The molecule has 0 aliphatic carbocycles. The first-order valence-electron chi connectivity index (χ1n) is 4.72. The van der Waals surface area contributed by atoms with E-state index >= 15 is 0 Å². The van der Waals surface area contributed by atoms with Crippen LogP contribution < -0.4 is 0 Å². The van der Waals surface area contributed by atoms with E-state index < -0.39 is 11.9 Å². The monoisotopic (exact) mass is 286 g/mol. The molecule has 0 aliphatic heterocycles. The van der Waals surface area contributed by atoms with Gasteiger partial charge in [0.1, 0.15) is 0 Å². The van der Waals surface area contributed by atoms with E-state index in [1.165, 1.54) is 12.2 Å². The first-order chi connectivity index (χ1) is 7.70. The van der Waals surface area contributed by atoms with Crippen LogP contribution in [-0.2, 0) is 19.4 Å². The van der Waals surface area contributed by atoms with Crippen LogP contribution in [0.25, 0.3) is 0 Å². The van der Waals surface area contributed by atoms with Gasteiger partial charge in [0.25, 0.3) is 0 Å². The van der Waals surface area contributed by atoms with E-state index in [2.05, 4.69) is 9.78 Å². The molecule has 0 aromatic heterocycles. The zero-order chi connectivity index (χ0) is 12.2. The molecule has 0 saturated carbocycles. The van der Waals surface area contributed by atoms with Gasteiger partial charge < -0.3 is 0 Å². The Kier molecular flexibility index (Phi) is 23.0. The molecule has 0 heterocycles. The van der Waals surface area contributed by atoms with E-state index in [1.54, 1.807) is 24.3 Å². The average Bonchev–Trinajstić information content (AvgIpc) is 2.27. The second kappa shape index (κ2) is 17.5. The quantitative estimate of drug-likeness (QED) is 0.254. The molecule has 0 aliphatic rings. The summed E-state index contributed by atoms with van der Waals surface area (Å²) in [4.78, 5) is 30.2. The van der Waals surface area contributed by atoms with Crippen molar-refractivity contribution < 1.29 is 19.4 Å². The Labute approximate surface area is 172 Å². The van der Waals surface area contributed by atoms with Gasteiger partial charge in [0.15, 0.2) is 0 Å². The minimum absolute atomic E-state index is 0. The van der Waals surface area contributed by atoms with Gasteiger partial charge in [0.2, 0.25) is 0 Å². The van der Waals surface area contributed by atoms with E-state index in [0.29, 0.717) is 0 Å². The molecule has 0 saturated heterocycles. The first-order valence-corrected chi connectivity index (χ1v) is 4.72. The molecule has 4 nitrogen and oxygen atoms in total. The average molecular weight is 286 g/mol. The summed E-state index contributed by atoms with van der Waals surface area (Å²) in [6, 6.07) is 0. The van der Waals surface area contributed by atoms with Crippen LogP contribution in [0.1, 0.15) is 13.8 Å². The minimum atomic E-state index is -0.745. The second-order valence-corrected chi connectivity index (χ2v) is 2.57. The molecule has 0 N–H and O–H groups in total. The number of allylic oxidation sites excluding steroid dienone is 6. The summed E-state index contributed by atoms with van der Waals surface area (Å²) in [6.07, 6.45) is 12.0. The van der Waals surface area contributed by atoms with Crippen LogP contribution in [0.4, 0.5) is 0 Å². The predicted octanol–water partition coefficient (Wildman–Crippen LogP) is 0.955. The Bertz CT molecular complexity index is 312. The third-order valence-corrected chi connectivity index (χ3v) is 1.28. The molecule has 0 atom stereocenters. The first kappa shape index (κ1) is 23.6. The van der Waals surface area contributed by atoms with Crippen LogP contribution in [0.2, 0.25) is 0 Å². The van der Waals surface area contributed by atoms with Gasteiger partial charge in [-0.25, -0.2) is 19.4 Å². The predicted molar refractivity (Wildman–Crippen MR) is 74.4 cm³/mol. The molecule has 6 heteroatoms. The molecular weight excluding hydrogens is 270 g/mol. The van der Waals surface area contributed by atoms with Crippen molar-refractivity contribution in [3.8, 4) is 0 Å². The van der Waals surface area contributed by atoms with Crippen molar-refractivity contribution in [2.45, 2.75) is 13.8 Å². The third kappa shape index (κ3) is 16.5. The van der Waals surface area contributed by atoms with Crippen LogP contribution in [0, 0.1) is 0 Å². The zero-order valence-electron chi connectivity index (χ0n) is 9.25. The third-order valence-electron chi connectivity index (χ3n) is 1.28. The number of carbonyl (C=O) groups excluding carboxylic acids is 2. The van der Waals surface area contributed by atoms with Gasteiger partial charge in [0.05, 0.1) is 0 Å². The molecule has 0 aromatic rings. The fraction of sp³-hybridized carbons (Fsp3) is 0.167. The van der Waals surface area contributed by atoms with Crippen molar-refractivity contribution in [1.29, 1.82) is 0 Å². The van der Waals surface area contributed by atoms with Crippen molar-refractivity contribution in [2.24, 2.45) is 0 Å². The fourth-order valence-electron chi connectivity index (χ4n) is 0.628. The van der Waals surface area contributed by atoms with Crippen LogP contribution in [0.3, 0.4) is 0 Å². The Morgan fingerprint density at radius 1 is 0.778 bits per heavy atom. The van der Waals surface area contributed by atoms with Crippen molar-refractivity contribution in [2.75, 3.05) is 0 Å². The number of rotatable bonds is 4. The summed E-state index contributed by atoms with van der Waals surface area (Å²) >= 11 is 0. The standard InChI is InChI=1S/C12H14O4.K.Na.2H/c1-3-5-7-9-11(13)15-16-12(14)10-8-6-4-2;;;;/h3-10H,1-2H3;;;;/b5-3+,6-4+,9-7+,10-8+;;;;. The molecular formula is C12H16KNaO4. The van der Waals surface area contributed by atoms with Gasteiger partial charge in [-0.2, -0.15) is 0 Å². The summed E-state index contributed by atoms with van der Waals surface area (Å²) in [5.74, 6) is -1.49. The van der Waals surface area contributed by atoms with E-state index in [1.807, 2.05) is 13.8 Å². The normalized spacial score (nSPS) is 10.6. The molecule has 90 valence electrons. The number of hydrogen-bond donors (Lipinski definition) is 0. The Morgan fingerprint density at radius 3 is 1.39 bits per heavy atom. The molecule has 0 aromatic carbocycles. The fourth-order valence-corrected chi connectivity index (χ4v) is 0.628. The van der Waals surface area contributed by atoms with Crippen LogP contribution in [0.5, 0.6) is 0 Å². The summed E-state index contributed by atoms with van der Waals surface area (Å²) < 4.78 is 0. The van der Waals surface area contributed by atoms with Crippen molar-refractivity contribution in [1.82, 2.24) is 0 Å². The van der Waals surface area contributed by atoms with Gasteiger partial charge in [-0.05, 0) is 13.8 Å². The molecule has 0 bridgehead atoms. The molecule has 0 unspecified atom stereocenters. The Hall–Kier alpha value is 0.536. The van der Waals surface area contributed by atoms with Crippen LogP contribution >= 0.6 is 0 Å². The Balaban J connectivity index is -0.00000112. The summed E-state index contributed by atoms with van der Waals surface area (Å²) in [5, 5.41) is 0. The summed E-state index contributed by atoms with van der Waals surface area (Å²) in [6.45, 7) is 3.61. The summed E-state index contributed by atoms with van der Waals surface area (Å²) in [5.41, 5.74) is 0. The summed E-state index contributed by atoms with van der Waals surface area (Å²) in [7, 11) is 0. The topological polar surface area (TPSA) is 52.6 Å². The van der Waals surface area contributed by atoms with Gasteiger partial charge in [-0.3, -0.25) is 0 Å². The SMILES string of the molecule is C/C=C/C=C/C(=O)OOC(=O)/C=C/C=C/C.[KH].[NaH]. The van der Waals surface area contributed by atoms with E-state index in [9.17, 15) is 9.59 Å². The van der Waals surface area contributed by atoms with Crippen molar-refractivity contribution >= 4 is 92.9 Å². The Morgan fingerprint density at radius 2 is 1.11 bits per heavy atom. The van der Waals surface area contributed by atoms with E-state index in [4.69, 9.17) is 0 Å². The van der Waals surface area contributed by atoms with Gasteiger partial charge >= 0.3 is 92.9 Å². The number of hydrogen-bond acceptors (Lipinski definition) is 4. The maximum absolute atomic E-state index is 10.9. The zero-order valence-corrected chi connectivity index (χ0v) is 9.25. The molecule has 0 fully saturated rings. The second-order valence-electron chi connectivity index (χ2n) is 2.57. The number of carbonyl (C=O) groups is 2. The molecule has 0 rings (SSSR count). The molecule has 18 heavy (non-hydrogen) atoms. The maximum atomic E-state index is 10.9. The molecule has 0 spiro atoms. The molecule has 0 amide bonds. The van der Waals surface area contributed by atoms with Gasteiger partial charge in [-0.1, -0.05) is 36.5 Å². The van der Waals surface area contributed by atoms with Crippen molar-refractivity contribution in [3.05, 3.63) is 48.6 Å². The molecule has 0 radical (unpaired) electrons.